The second-order valence-electron chi connectivity index (χ2n) is 7.50. The zero-order valence-corrected chi connectivity index (χ0v) is 15.0. The molecule has 1 N–H and O–H groups in total. The molecule has 1 atom stereocenters. The molecule has 25 heavy (non-hydrogen) atoms. The van der Waals surface area contributed by atoms with Crippen molar-refractivity contribution < 1.29 is 14.4 Å². The standard InChI is InChI=1S/C19H25N3O3/c1-12(2)10-22-17(23)15-7-6-14(9-16(15)18(22)24)20-19(25)21-8-4-5-13(3)11-21/h6-7,9,12-13H,4-5,8,10-11H2,1-3H3,(H,20,25). The van der Waals surface area contributed by atoms with Gasteiger partial charge in [0, 0.05) is 25.3 Å². The molecule has 0 aromatic heterocycles. The Bertz CT molecular complexity index is 714. The molecule has 6 heteroatoms. The van der Waals surface area contributed by atoms with E-state index in [1.807, 2.05) is 13.8 Å². The van der Waals surface area contributed by atoms with Crippen molar-refractivity contribution in [2.24, 2.45) is 11.8 Å². The molecule has 0 spiro atoms. The van der Waals surface area contributed by atoms with Crippen molar-refractivity contribution in [3.63, 3.8) is 0 Å². The van der Waals surface area contributed by atoms with Crippen LogP contribution in [0.4, 0.5) is 10.5 Å². The van der Waals surface area contributed by atoms with Gasteiger partial charge in [0.2, 0.25) is 0 Å². The van der Waals surface area contributed by atoms with Crippen molar-refractivity contribution in [3.8, 4) is 0 Å². The molecule has 1 aromatic carbocycles. The molecule has 3 rings (SSSR count). The average molecular weight is 343 g/mol. The predicted octanol–water partition coefficient (Wildman–Crippen LogP) is 3.20. The molecule has 0 aliphatic carbocycles. The van der Waals surface area contributed by atoms with Gasteiger partial charge in [-0.15, -0.1) is 0 Å². The first-order chi connectivity index (χ1) is 11.9. The summed E-state index contributed by atoms with van der Waals surface area (Å²) in [4.78, 5) is 40.4. The third kappa shape index (κ3) is 3.52. The largest absolute Gasteiger partial charge is 0.324 e. The van der Waals surface area contributed by atoms with Gasteiger partial charge in [0.15, 0.2) is 0 Å². The van der Waals surface area contributed by atoms with Gasteiger partial charge < -0.3 is 10.2 Å². The number of rotatable bonds is 3. The van der Waals surface area contributed by atoms with E-state index in [0.29, 0.717) is 29.3 Å². The highest BCUT2D eigenvalue weighted by molar-refractivity contribution is 6.21. The quantitative estimate of drug-likeness (QED) is 0.857. The lowest BCUT2D eigenvalue weighted by molar-refractivity contribution is 0.0636. The maximum Gasteiger partial charge on any atom is 0.321 e. The molecule has 134 valence electrons. The van der Waals surface area contributed by atoms with Crippen molar-refractivity contribution in [1.29, 1.82) is 0 Å². The molecule has 1 saturated heterocycles. The van der Waals surface area contributed by atoms with E-state index in [2.05, 4.69) is 12.2 Å². The van der Waals surface area contributed by atoms with Crippen molar-refractivity contribution in [3.05, 3.63) is 29.3 Å². The molecule has 2 heterocycles. The second kappa shape index (κ2) is 6.86. The smallest absolute Gasteiger partial charge is 0.321 e. The molecule has 1 fully saturated rings. The summed E-state index contributed by atoms with van der Waals surface area (Å²) in [6.07, 6.45) is 2.15. The monoisotopic (exact) mass is 343 g/mol. The summed E-state index contributed by atoms with van der Waals surface area (Å²) in [6, 6.07) is 4.78. The number of benzene rings is 1. The van der Waals surface area contributed by atoms with E-state index in [1.54, 1.807) is 23.1 Å². The molecule has 2 aliphatic heterocycles. The minimum absolute atomic E-state index is 0.151. The lowest BCUT2D eigenvalue weighted by atomic mass is 10.0. The maximum atomic E-state index is 12.5. The molecular formula is C19H25N3O3. The van der Waals surface area contributed by atoms with Crippen molar-refractivity contribution in [2.45, 2.75) is 33.6 Å². The Hall–Kier alpha value is -2.37. The number of hydrogen-bond acceptors (Lipinski definition) is 3. The highest BCUT2D eigenvalue weighted by Crippen LogP contribution is 2.27. The number of urea groups is 1. The lowest BCUT2D eigenvalue weighted by Crippen LogP contribution is -2.41. The van der Waals surface area contributed by atoms with Gasteiger partial charge in [-0.1, -0.05) is 20.8 Å². The van der Waals surface area contributed by atoms with Crippen LogP contribution in [0.5, 0.6) is 0 Å². The zero-order valence-electron chi connectivity index (χ0n) is 15.0. The van der Waals surface area contributed by atoms with Gasteiger partial charge in [-0.05, 0) is 42.9 Å². The van der Waals surface area contributed by atoms with E-state index in [9.17, 15) is 14.4 Å². The van der Waals surface area contributed by atoms with E-state index in [4.69, 9.17) is 0 Å². The number of fused-ring (bicyclic) bond motifs is 1. The van der Waals surface area contributed by atoms with Crippen LogP contribution in [0.25, 0.3) is 0 Å². The van der Waals surface area contributed by atoms with Crippen molar-refractivity contribution >= 4 is 23.5 Å². The average Bonchev–Trinajstić information content (AvgIpc) is 2.79. The number of likely N-dealkylation sites (tertiary alicyclic amines) is 1. The minimum Gasteiger partial charge on any atom is -0.324 e. The number of carbonyl (C=O) groups is 3. The molecule has 0 saturated carbocycles. The zero-order chi connectivity index (χ0) is 18.1. The highest BCUT2D eigenvalue weighted by Gasteiger charge is 2.36. The Balaban J connectivity index is 1.74. The van der Waals surface area contributed by atoms with Crippen LogP contribution >= 0.6 is 0 Å². The third-order valence-corrected chi connectivity index (χ3v) is 4.71. The summed E-state index contributed by atoms with van der Waals surface area (Å²) >= 11 is 0. The summed E-state index contributed by atoms with van der Waals surface area (Å²) in [5.74, 6) is 0.179. The molecule has 6 nitrogen and oxygen atoms in total. The van der Waals surface area contributed by atoms with Gasteiger partial charge in [-0.25, -0.2) is 4.79 Å². The van der Waals surface area contributed by atoms with Crippen LogP contribution in [-0.4, -0.2) is 47.3 Å². The number of piperidine rings is 1. The van der Waals surface area contributed by atoms with Crippen LogP contribution in [0, 0.1) is 11.8 Å². The Morgan fingerprint density at radius 3 is 2.64 bits per heavy atom. The van der Waals surface area contributed by atoms with E-state index in [1.165, 1.54) is 4.90 Å². The fourth-order valence-corrected chi connectivity index (χ4v) is 3.48. The van der Waals surface area contributed by atoms with Gasteiger partial charge >= 0.3 is 6.03 Å². The van der Waals surface area contributed by atoms with E-state index in [0.717, 1.165) is 25.9 Å². The van der Waals surface area contributed by atoms with Crippen LogP contribution in [0.3, 0.4) is 0 Å². The van der Waals surface area contributed by atoms with Gasteiger partial charge in [-0.2, -0.15) is 0 Å². The molecular weight excluding hydrogens is 318 g/mol. The summed E-state index contributed by atoms with van der Waals surface area (Å²) in [5, 5.41) is 2.86. The first-order valence-electron chi connectivity index (χ1n) is 8.93. The molecule has 4 amide bonds. The normalized spacial score (nSPS) is 20.2. The number of imide groups is 1. The van der Waals surface area contributed by atoms with E-state index >= 15 is 0 Å². The number of nitrogens with one attached hydrogen (secondary N) is 1. The number of amides is 4. The Kier molecular flexibility index (Phi) is 4.79. The van der Waals surface area contributed by atoms with Crippen LogP contribution in [0.15, 0.2) is 18.2 Å². The van der Waals surface area contributed by atoms with Crippen LogP contribution in [0.1, 0.15) is 54.3 Å². The number of carbonyl (C=O) groups excluding carboxylic acids is 3. The number of hydrogen-bond donors (Lipinski definition) is 1. The summed E-state index contributed by atoms with van der Waals surface area (Å²) in [5.41, 5.74) is 1.33. The molecule has 1 aromatic rings. The third-order valence-electron chi connectivity index (χ3n) is 4.71. The highest BCUT2D eigenvalue weighted by atomic mass is 16.2. The van der Waals surface area contributed by atoms with Crippen molar-refractivity contribution in [1.82, 2.24) is 9.80 Å². The topological polar surface area (TPSA) is 69.7 Å². The second-order valence-corrected chi connectivity index (χ2v) is 7.50. The first-order valence-corrected chi connectivity index (χ1v) is 8.93. The Morgan fingerprint density at radius 1 is 1.24 bits per heavy atom. The van der Waals surface area contributed by atoms with Crippen LogP contribution in [0.2, 0.25) is 0 Å². The fraction of sp³-hybridized carbons (Fsp3) is 0.526. The van der Waals surface area contributed by atoms with Gasteiger partial charge in [0.25, 0.3) is 11.8 Å². The van der Waals surface area contributed by atoms with Gasteiger partial charge in [0.05, 0.1) is 11.1 Å². The number of nitrogens with zero attached hydrogens (tertiary/aromatic N) is 2. The fourth-order valence-electron chi connectivity index (χ4n) is 3.48. The molecule has 0 bridgehead atoms. The maximum absolute atomic E-state index is 12.5. The first kappa shape index (κ1) is 17.5. The lowest BCUT2D eigenvalue weighted by Gasteiger charge is -2.30. The summed E-state index contributed by atoms with van der Waals surface area (Å²) in [7, 11) is 0. The summed E-state index contributed by atoms with van der Waals surface area (Å²) in [6.45, 7) is 7.98. The molecule has 2 aliphatic rings. The van der Waals surface area contributed by atoms with Gasteiger partial charge in [-0.3, -0.25) is 14.5 Å². The van der Waals surface area contributed by atoms with Crippen LogP contribution < -0.4 is 5.32 Å². The van der Waals surface area contributed by atoms with Gasteiger partial charge in [0.1, 0.15) is 0 Å². The molecule has 0 radical (unpaired) electrons. The SMILES string of the molecule is CC(C)CN1C(=O)c2ccc(NC(=O)N3CCCC(C)C3)cc2C1=O. The van der Waals surface area contributed by atoms with E-state index in [-0.39, 0.29) is 23.8 Å². The minimum atomic E-state index is -0.281. The van der Waals surface area contributed by atoms with Crippen molar-refractivity contribution in [2.75, 3.05) is 25.0 Å². The Morgan fingerprint density at radius 2 is 1.96 bits per heavy atom. The van der Waals surface area contributed by atoms with Crippen LogP contribution in [-0.2, 0) is 0 Å². The van der Waals surface area contributed by atoms with E-state index < -0.39 is 0 Å². The summed E-state index contributed by atoms with van der Waals surface area (Å²) < 4.78 is 0. The predicted molar refractivity (Wildman–Crippen MR) is 95.6 cm³/mol. The Labute approximate surface area is 148 Å². The molecule has 1 unspecified atom stereocenters. The number of anilines is 1.